The summed E-state index contributed by atoms with van der Waals surface area (Å²) < 4.78 is 28.8. The van der Waals surface area contributed by atoms with Crippen LogP contribution in [-0.4, -0.2) is 37.8 Å². The first-order valence-corrected chi connectivity index (χ1v) is 11.3. The number of hydrogen-bond donors (Lipinski definition) is 2. The second kappa shape index (κ2) is 7.61. The molecule has 0 saturated carbocycles. The van der Waals surface area contributed by atoms with E-state index in [4.69, 9.17) is 4.42 Å². The lowest BCUT2D eigenvalue weighted by molar-refractivity contribution is -0.761. The van der Waals surface area contributed by atoms with Gasteiger partial charge in [0, 0.05) is 29.8 Å². The van der Waals surface area contributed by atoms with Gasteiger partial charge in [0.1, 0.15) is 29.0 Å². The van der Waals surface area contributed by atoms with Crippen molar-refractivity contribution in [1.29, 1.82) is 5.26 Å². The van der Waals surface area contributed by atoms with Crippen LogP contribution in [0.5, 0.6) is 0 Å². The van der Waals surface area contributed by atoms with E-state index in [0.29, 0.717) is 16.7 Å². The predicted molar refractivity (Wildman–Crippen MR) is 111 cm³/mol. The van der Waals surface area contributed by atoms with Crippen LogP contribution in [0.1, 0.15) is 13.3 Å². The summed E-state index contributed by atoms with van der Waals surface area (Å²) in [6.07, 6.45) is 1.59. The molecule has 158 valence electrons. The van der Waals surface area contributed by atoms with Crippen LogP contribution >= 0.6 is 0 Å². The average Bonchev–Trinajstić information content (AvgIpc) is 3.07. The van der Waals surface area contributed by atoms with Gasteiger partial charge in [-0.25, -0.2) is 22.8 Å². The minimum absolute atomic E-state index is 0.0865. The molecule has 0 aliphatic carbocycles. The predicted octanol–water partition coefficient (Wildman–Crippen LogP) is 0.0677. The lowest BCUT2D eigenvalue weighted by Gasteiger charge is -2.25. The molecule has 0 bridgehead atoms. The molecule has 4 rings (SSSR count). The van der Waals surface area contributed by atoms with Crippen molar-refractivity contribution in [2.24, 2.45) is 0 Å². The van der Waals surface area contributed by atoms with Crippen molar-refractivity contribution in [3.05, 3.63) is 63.7 Å². The number of nitrogens with one attached hydrogen (secondary N) is 2. The molecule has 1 aromatic carbocycles. The van der Waals surface area contributed by atoms with Crippen LogP contribution in [0, 0.1) is 11.3 Å². The number of rotatable bonds is 3. The summed E-state index contributed by atoms with van der Waals surface area (Å²) >= 11 is 0. The van der Waals surface area contributed by atoms with Gasteiger partial charge in [0.05, 0.1) is 5.75 Å². The number of benzene rings is 1. The number of amides is 2. The van der Waals surface area contributed by atoms with Gasteiger partial charge in [-0.15, -0.1) is 0 Å². The number of nitriles is 1. The van der Waals surface area contributed by atoms with E-state index in [-0.39, 0.29) is 39.5 Å². The first kappa shape index (κ1) is 20.7. The van der Waals surface area contributed by atoms with Gasteiger partial charge in [-0.2, -0.15) is 10.2 Å². The summed E-state index contributed by atoms with van der Waals surface area (Å²) in [6, 6.07) is 9.01. The Labute approximate surface area is 177 Å². The number of imide groups is 1. The minimum atomic E-state index is -3.32. The molecule has 10 heteroatoms. The molecule has 1 fully saturated rings. The van der Waals surface area contributed by atoms with Crippen molar-refractivity contribution in [3.8, 4) is 6.07 Å². The number of nitrogens with zero attached hydrogens (tertiary/aromatic N) is 1. The molecular weight excluding hydrogens is 422 g/mol. The number of carbonyl (C=O) groups excluding carboxylic acids is 2. The van der Waals surface area contributed by atoms with E-state index in [1.54, 1.807) is 24.3 Å². The number of anilines is 1. The topological polar surface area (TPSA) is 139 Å². The fourth-order valence-corrected chi connectivity index (χ4v) is 5.63. The minimum Gasteiger partial charge on any atom is -0.423 e. The molecule has 9 nitrogen and oxygen atoms in total. The highest BCUT2D eigenvalue weighted by molar-refractivity contribution is 7.91. The number of fused-ring (bicyclic) bond motifs is 1. The van der Waals surface area contributed by atoms with Crippen LogP contribution in [0.2, 0.25) is 0 Å². The zero-order valence-electron chi connectivity index (χ0n) is 16.5. The van der Waals surface area contributed by atoms with Gasteiger partial charge >= 0.3 is 17.4 Å². The Hall–Kier alpha value is -3.55. The van der Waals surface area contributed by atoms with E-state index in [0.717, 1.165) is 0 Å². The van der Waals surface area contributed by atoms with Gasteiger partial charge in [-0.1, -0.05) is 0 Å². The highest BCUT2D eigenvalue weighted by Crippen LogP contribution is 2.22. The zero-order chi connectivity index (χ0) is 22.3. The van der Waals surface area contributed by atoms with Gasteiger partial charge in [-0.05, 0) is 36.8 Å². The van der Waals surface area contributed by atoms with Gasteiger partial charge in [0.15, 0.2) is 15.4 Å². The molecule has 31 heavy (non-hydrogen) atoms. The maximum absolute atomic E-state index is 13.1. The molecule has 1 aromatic heterocycles. The third kappa shape index (κ3) is 3.81. The molecule has 2 N–H and O–H groups in total. The largest absolute Gasteiger partial charge is 0.423 e. The summed E-state index contributed by atoms with van der Waals surface area (Å²) in [5.74, 6) is -1.61. The maximum atomic E-state index is 13.1. The van der Waals surface area contributed by atoms with Crippen molar-refractivity contribution in [2.45, 2.75) is 19.4 Å². The summed E-state index contributed by atoms with van der Waals surface area (Å²) in [4.78, 5) is 37.0. The second-order valence-electron chi connectivity index (χ2n) is 7.49. The second-order valence-corrected chi connectivity index (χ2v) is 9.72. The van der Waals surface area contributed by atoms with E-state index in [9.17, 15) is 28.1 Å². The van der Waals surface area contributed by atoms with E-state index < -0.39 is 33.3 Å². The van der Waals surface area contributed by atoms with Crippen LogP contribution in [0.15, 0.2) is 62.5 Å². The fraction of sp³-hybridized carbons (Fsp3) is 0.238. The number of sulfone groups is 1. The maximum Gasteiger partial charge on any atom is 0.363 e. The van der Waals surface area contributed by atoms with Crippen LogP contribution in [0.4, 0.5) is 5.69 Å². The van der Waals surface area contributed by atoms with Crippen molar-refractivity contribution >= 4 is 38.3 Å². The van der Waals surface area contributed by atoms with Gasteiger partial charge in [0.25, 0.3) is 0 Å². The van der Waals surface area contributed by atoms with Crippen molar-refractivity contribution in [2.75, 3.05) is 16.8 Å². The normalized spacial score (nSPS) is 24.6. The summed E-state index contributed by atoms with van der Waals surface area (Å²) in [5, 5.41) is 13.1. The molecule has 0 spiro atoms. The molecule has 2 atom stereocenters. The highest BCUT2D eigenvalue weighted by atomic mass is 32.2. The quantitative estimate of drug-likeness (QED) is 0.388. The van der Waals surface area contributed by atoms with Crippen molar-refractivity contribution in [1.82, 2.24) is 0 Å². The number of hydrogen-bond acceptors (Lipinski definition) is 8. The van der Waals surface area contributed by atoms with Crippen LogP contribution in [0.25, 0.3) is 11.0 Å². The average molecular weight is 440 g/mol. The van der Waals surface area contributed by atoms with Gasteiger partial charge in [0.2, 0.25) is 0 Å². The van der Waals surface area contributed by atoms with E-state index in [1.165, 1.54) is 19.2 Å². The Morgan fingerprint density at radius 3 is 2.65 bits per heavy atom. The SMILES string of the molecule is CC1=C(C#N)C(=O)[NH+]([C@H]2CCS(=O)(=O)C2)C(=O)/C1=C/Nc1ccc2oc(=O)ccc2c1. The Morgan fingerprint density at radius 2 is 1.97 bits per heavy atom. The standard InChI is InChI=1S/C21H17N3O6S/c1-12-16(9-22)20(26)24(15-6-7-31(28,29)11-15)21(27)17(12)10-23-14-3-4-18-13(8-14)2-5-19(25)30-18/h2-5,8,10,15,23H,6-7,11H2,1H3/p+1/b17-10+/t15-/m0/s1. The highest BCUT2D eigenvalue weighted by Gasteiger charge is 2.48. The molecule has 0 radical (unpaired) electrons. The molecule has 3 heterocycles. The first-order chi connectivity index (χ1) is 14.7. The fourth-order valence-electron chi connectivity index (χ4n) is 3.88. The van der Waals surface area contributed by atoms with Crippen molar-refractivity contribution in [3.63, 3.8) is 0 Å². The Balaban J connectivity index is 1.69. The van der Waals surface area contributed by atoms with Crippen LogP contribution in [0.3, 0.4) is 0 Å². The Kier molecular flexibility index (Phi) is 5.08. The summed E-state index contributed by atoms with van der Waals surface area (Å²) in [6.45, 7) is 1.51. The zero-order valence-corrected chi connectivity index (χ0v) is 17.3. The lowest BCUT2D eigenvalue weighted by atomic mass is 9.94. The molecule has 2 aliphatic rings. The third-order valence-electron chi connectivity index (χ3n) is 5.49. The molecular formula is C21H18N3O6S+. The van der Waals surface area contributed by atoms with E-state index in [1.807, 2.05) is 6.07 Å². The molecule has 2 aliphatic heterocycles. The summed E-state index contributed by atoms with van der Waals surface area (Å²) in [5.41, 5.74) is 0.749. The van der Waals surface area contributed by atoms with Crippen LogP contribution in [-0.2, 0) is 19.4 Å². The smallest absolute Gasteiger partial charge is 0.363 e. The van der Waals surface area contributed by atoms with Crippen LogP contribution < -0.4 is 15.8 Å². The monoisotopic (exact) mass is 440 g/mol. The Morgan fingerprint density at radius 1 is 1.19 bits per heavy atom. The lowest BCUT2D eigenvalue weighted by Crippen LogP contribution is -3.21. The van der Waals surface area contributed by atoms with E-state index >= 15 is 0 Å². The third-order valence-corrected chi connectivity index (χ3v) is 7.26. The van der Waals surface area contributed by atoms with Gasteiger partial charge < -0.3 is 9.73 Å². The summed E-state index contributed by atoms with van der Waals surface area (Å²) in [7, 11) is -3.32. The first-order valence-electron chi connectivity index (χ1n) is 9.49. The molecule has 2 aromatic rings. The Bertz CT molecular complexity index is 1390. The number of quaternary nitrogens is 1. The van der Waals surface area contributed by atoms with E-state index in [2.05, 4.69) is 5.32 Å². The van der Waals surface area contributed by atoms with Gasteiger partial charge in [-0.3, -0.25) is 0 Å². The van der Waals surface area contributed by atoms with Crippen molar-refractivity contribution < 1.29 is 27.3 Å². The molecule has 1 unspecified atom stereocenters. The molecule has 2 amide bonds. The molecule has 1 saturated heterocycles. The number of carbonyl (C=O) groups is 2.